The molecule has 172 valence electrons. The van der Waals surface area contributed by atoms with Crippen LogP contribution in [0, 0.1) is 12.7 Å². The summed E-state index contributed by atoms with van der Waals surface area (Å²) in [6.45, 7) is 2.31. The second-order valence-corrected chi connectivity index (χ2v) is 7.62. The van der Waals surface area contributed by atoms with Crippen molar-refractivity contribution in [2.75, 3.05) is 26.4 Å². The summed E-state index contributed by atoms with van der Waals surface area (Å²) in [6, 6.07) is 9.67. The fourth-order valence-electron chi connectivity index (χ4n) is 3.35. The topological polar surface area (TPSA) is 99.9 Å². The first kappa shape index (κ1) is 22.6. The van der Waals surface area contributed by atoms with E-state index in [1.165, 1.54) is 25.1 Å². The number of fused-ring (bicyclic) bond motifs is 1. The lowest BCUT2D eigenvalue weighted by molar-refractivity contribution is -0.124. The van der Waals surface area contributed by atoms with Crippen LogP contribution in [0.25, 0.3) is 11.3 Å². The molecule has 1 amide bonds. The first-order valence-electron chi connectivity index (χ1n) is 10.2. The highest BCUT2D eigenvalue weighted by molar-refractivity contribution is 6.33. The Morgan fingerprint density at radius 1 is 1.18 bits per heavy atom. The maximum absolute atomic E-state index is 14.3. The molecule has 1 N–H and O–H groups in total. The highest BCUT2D eigenvalue weighted by atomic mass is 35.5. The lowest BCUT2D eigenvalue weighted by Crippen LogP contribution is -2.30. The normalized spacial score (nSPS) is 12.3. The summed E-state index contributed by atoms with van der Waals surface area (Å²) in [5.41, 5.74) is 0.709. The van der Waals surface area contributed by atoms with Gasteiger partial charge in [-0.3, -0.25) is 4.79 Å². The molecule has 1 aromatic heterocycles. The molecule has 0 saturated carbocycles. The van der Waals surface area contributed by atoms with E-state index < -0.39 is 24.3 Å². The molecule has 3 aromatic rings. The molecule has 0 unspecified atom stereocenters. The number of rotatable bonds is 7. The van der Waals surface area contributed by atoms with Crippen molar-refractivity contribution in [3.05, 3.63) is 64.1 Å². The number of nitrogens with one attached hydrogen (secondary N) is 1. The molecule has 0 fully saturated rings. The molecule has 0 aliphatic carbocycles. The van der Waals surface area contributed by atoms with E-state index in [2.05, 4.69) is 10.5 Å². The zero-order chi connectivity index (χ0) is 23.4. The zero-order valence-electron chi connectivity index (χ0n) is 17.7. The van der Waals surface area contributed by atoms with Gasteiger partial charge in [0.15, 0.2) is 18.1 Å². The molecule has 33 heavy (non-hydrogen) atoms. The standard InChI is InChI=1S/C23H20ClFN2O6/c1-13-20(22(27-33-13)21-15(24)3-2-4-16(21)25)23(29)32-12-19(28)26-8-7-14-5-6-17-18(11-14)31-10-9-30-17/h2-6,11H,7-10,12H2,1H3,(H,26,28). The molecule has 2 heterocycles. The third kappa shape index (κ3) is 5.09. The largest absolute Gasteiger partial charge is 0.486 e. The van der Waals surface area contributed by atoms with Crippen molar-refractivity contribution >= 4 is 23.5 Å². The summed E-state index contributed by atoms with van der Waals surface area (Å²) in [6.07, 6.45) is 0.553. The van der Waals surface area contributed by atoms with E-state index >= 15 is 0 Å². The van der Waals surface area contributed by atoms with Crippen LogP contribution >= 0.6 is 11.6 Å². The summed E-state index contributed by atoms with van der Waals surface area (Å²) >= 11 is 6.07. The molecule has 0 spiro atoms. The van der Waals surface area contributed by atoms with Crippen molar-refractivity contribution in [3.8, 4) is 22.8 Å². The summed E-state index contributed by atoms with van der Waals surface area (Å²) in [5.74, 6) is -0.532. The molecule has 0 bridgehead atoms. The van der Waals surface area contributed by atoms with Crippen molar-refractivity contribution in [2.45, 2.75) is 13.3 Å². The van der Waals surface area contributed by atoms with Crippen LogP contribution < -0.4 is 14.8 Å². The summed E-state index contributed by atoms with van der Waals surface area (Å²) in [5, 5.41) is 6.50. The molecule has 0 saturated heterocycles. The molecular formula is C23H20ClFN2O6. The van der Waals surface area contributed by atoms with Gasteiger partial charge in [-0.15, -0.1) is 0 Å². The SMILES string of the molecule is Cc1onc(-c2c(F)cccc2Cl)c1C(=O)OCC(=O)NCCc1ccc2c(c1)OCCO2. The average Bonchev–Trinajstić information content (AvgIpc) is 3.18. The quantitative estimate of drug-likeness (QED) is 0.521. The van der Waals surface area contributed by atoms with Gasteiger partial charge in [0.05, 0.1) is 10.6 Å². The smallest absolute Gasteiger partial charge is 0.344 e. The number of carbonyl (C=O) groups is 2. The number of hydrogen-bond donors (Lipinski definition) is 1. The molecule has 4 rings (SSSR count). The number of esters is 1. The Kier molecular flexibility index (Phi) is 6.79. The predicted molar refractivity (Wildman–Crippen MR) is 116 cm³/mol. The predicted octanol–water partition coefficient (Wildman–Crippen LogP) is 3.73. The van der Waals surface area contributed by atoms with Gasteiger partial charge in [0.2, 0.25) is 0 Å². The molecular weight excluding hydrogens is 455 g/mol. The van der Waals surface area contributed by atoms with Gasteiger partial charge in [0.25, 0.3) is 5.91 Å². The van der Waals surface area contributed by atoms with E-state index in [4.69, 9.17) is 30.3 Å². The number of nitrogens with zero attached hydrogens (tertiary/aromatic N) is 1. The Bertz CT molecular complexity index is 1180. The first-order chi connectivity index (χ1) is 15.9. The molecule has 8 nitrogen and oxygen atoms in total. The number of amides is 1. The number of hydrogen-bond acceptors (Lipinski definition) is 7. The van der Waals surface area contributed by atoms with E-state index in [9.17, 15) is 14.0 Å². The van der Waals surface area contributed by atoms with E-state index in [0.29, 0.717) is 37.7 Å². The summed E-state index contributed by atoms with van der Waals surface area (Å²) in [7, 11) is 0. The van der Waals surface area contributed by atoms with Crippen LogP contribution in [-0.4, -0.2) is 43.4 Å². The van der Waals surface area contributed by atoms with Gasteiger partial charge in [-0.2, -0.15) is 0 Å². The zero-order valence-corrected chi connectivity index (χ0v) is 18.4. The van der Waals surface area contributed by atoms with Crippen LogP contribution in [0.5, 0.6) is 11.5 Å². The Balaban J connectivity index is 1.32. The van der Waals surface area contributed by atoms with Crippen LogP contribution in [0.1, 0.15) is 21.7 Å². The van der Waals surface area contributed by atoms with E-state index in [1.54, 1.807) is 0 Å². The summed E-state index contributed by atoms with van der Waals surface area (Å²) in [4.78, 5) is 24.7. The third-order valence-corrected chi connectivity index (χ3v) is 5.26. The van der Waals surface area contributed by atoms with Gasteiger partial charge in [-0.05, 0) is 43.2 Å². The number of carbonyl (C=O) groups excluding carboxylic acids is 2. The van der Waals surface area contributed by atoms with Gasteiger partial charge in [-0.1, -0.05) is 28.9 Å². The van der Waals surface area contributed by atoms with Gasteiger partial charge < -0.3 is 24.1 Å². The van der Waals surface area contributed by atoms with Crippen molar-refractivity contribution in [1.82, 2.24) is 10.5 Å². The Hall–Kier alpha value is -3.59. The number of benzene rings is 2. The second-order valence-electron chi connectivity index (χ2n) is 7.21. The molecule has 2 aromatic carbocycles. The van der Waals surface area contributed by atoms with Gasteiger partial charge >= 0.3 is 5.97 Å². The third-order valence-electron chi connectivity index (χ3n) is 4.94. The minimum absolute atomic E-state index is 0.0641. The number of aromatic nitrogens is 1. The van der Waals surface area contributed by atoms with Gasteiger partial charge in [0.1, 0.15) is 36.0 Å². The molecule has 1 aliphatic rings. The van der Waals surface area contributed by atoms with Crippen molar-refractivity contribution in [1.29, 1.82) is 0 Å². The van der Waals surface area contributed by atoms with E-state index in [0.717, 1.165) is 5.56 Å². The summed E-state index contributed by atoms with van der Waals surface area (Å²) < 4.78 is 35.4. The fraction of sp³-hybridized carbons (Fsp3) is 0.261. The lowest BCUT2D eigenvalue weighted by atomic mass is 10.1. The maximum Gasteiger partial charge on any atom is 0.344 e. The van der Waals surface area contributed by atoms with Crippen LogP contribution in [0.15, 0.2) is 40.9 Å². The number of aryl methyl sites for hydroxylation is 1. The Morgan fingerprint density at radius 2 is 1.97 bits per heavy atom. The van der Waals surface area contributed by atoms with Crippen molar-refractivity contribution in [3.63, 3.8) is 0 Å². The number of halogens is 2. The van der Waals surface area contributed by atoms with Crippen LogP contribution in [-0.2, 0) is 16.0 Å². The van der Waals surface area contributed by atoms with Crippen molar-refractivity contribution in [2.24, 2.45) is 0 Å². The fourth-order valence-corrected chi connectivity index (χ4v) is 3.60. The maximum atomic E-state index is 14.3. The van der Waals surface area contributed by atoms with Gasteiger partial charge in [-0.25, -0.2) is 9.18 Å². The van der Waals surface area contributed by atoms with E-state index in [-0.39, 0.29) is 27.6 Å². The molecule has 0 radical (unpaired) electrons. The lowest BCUT2D eigenvalue weighted by Gasteiger charge is -2.18. The average molecular weight is 475 g/mol. The second kappa shape index (κ2) is 9.91. The minimum atomic E-state index is -0.870. The minimum Gasteiger partial charge on any atom is -0.486 e. The highest BCUT2D eigenvalue weighted by Gasteiger charge is 2.27. The monoisotopic (exact) mass is 474 g/mol. The van der Waals surface area contributed by atoms with E-state index in [1.807, 2.05) is 18.2 Å². The van der Waals surface area contributed by atoms with Crippen LogP contribution in [0.4, 0.5) is 4.39 Å². The van der Waals surface area contributed by atoms with Crippen LogP contribution in [0.3, 0.4) is 0 Å². The van der Waals surface area contributed by atoms with Crippen LogP contribution in [0.2, 0.25) is 5.02 Å². The highest BCUT2D eigenvalue weighted by Crippen LogP contribution is 2.34. The number of ether oxygens (including phenoxy) is 3. The first-order valence-corrected chi connectivity index (χ1v) is 10.5. The molecule has 1 aliphatic heterocycles. The van der Waals surface area contributed by atoms with Gasteiger partial charge in [0, 0.05) is 6.54 Å². The molecule has 10 heteroatoms. The van der Waals surface area contributed by atoms with Crippen molar-refractivity contribution < 1.29 is 32.7 Å². The Labute approximate surface area is 193 Å². The molecule has 0 atom stereocenters. The Morgan fingerprint density at radius 3 is 2.76 bits per heavy atom.